The van der Waals surface area contributed by atoms with Crippen LogP contribution in [0.15, 0.2) is 0 Å². The van der Waals surface area contributed by atoms with E-state index in [1.54, 1.807) is 0 Å². The fourth-order valence-corrected chi connectivity index (χ4v) is 5.44. The van der Waals surface area contributed by atoms with Crippen molar-refractivity contribution in [1.82, 2.24) is 0 Å². The van der Waals surface area contributed by atoms with Gasteiger partial charge in [0, 0.05) is 4.90 Å². The molecular formula is C15H34P2. The molecule has 0 aromatic heterocycles. The lowest BCUT2D eigenvalue weighted by atomic mass is 9.90. The lowest BCUT2D eigenvalue weighted by Crippen LogP contribution is -2.27. The van der Waals surface area contributed by atoms with Crippen LogP contribution >= 0.6 is 17.8 Å². The van der Waals surface area contributed by atoms with E-state index >= 15 is 0 Å². The van der Waals surface area contributed by atoms with Gasteiger partial charge in [-0.2, -0.15) is 0 Å². The van der Waals surface area contributed by atoms with Gasteiger partial charge in [0.2, 0.25) is 0 Å². The van der Waals surface area contributed by atoms with Gasteiger partial charge < -0.3 is 0 Å². The first kappa shape index (κ1) is 17.9. The quantitative estimate of drug-likeness (QED) is 0.403. The molecule has 0 radical (unpaired) electrons. The number of rotatable bonds is 11. The fourth-order valence-electron chi connectivity index (χ4n) is 2.67. The standard InChI is InChI=1S/C15H34P2/c1-5-9-11-14(10-6-2)15(16,12-7-3)17-13-8-4/h14,17H,5-13,16H2,1-4H3. The van der Waals surface area contributed by atoms with Gasteiger partial charge >= 0.3 is 0 Å². The van der Waals surface area contributed by atoms with Crippen LogP contribution in [0, 0.1) is 5.92 Å². The van der Waals surface area contributed by atoms with Crippen molar-refractivity contribution in [2.24, 2.45) is 5.92 Å². The lowest BCUT2D eigenvalue weighted by Gasteiger charge is -2.38. The summed E-state index contributed by atoms with van der Waals surface area (Å²) in [5.74, 6) is 0.947. The average Bonchev–Trinajstić information content (AvgIpc) is 2.32. The van der Waals surface area contributed by atoms with Crippen molar-refractivity contribution in [3.05, 3.63) is 0 Å². The van der Waals surface area contributed by atoms with E-state index in [0.717, 1.165) is 14.5 Å². The van der Waals surface area contributed by atoms with E-state index in [1.165, 1.54) is 57.5 Å². The molecule has 4 atom stereocenters. The summed E-state index contributed by atoms with van der Waals surface area (Å²) < 4.78 is 0. The Morgan fingerprint density at radius 3 is 2.12 bits per heavy atom. The average molecular weight is 276 g/mol. The zero-order valence-corrected chi connectivity index (χ0v) is 14.7. The summed E-state index contributed by atoms with van der Waals surface area (Å²) in [5.41, 5.74) is 0. The Balaban J connectivity index is 4.53. The zero-order valence-electron chi connectivity index (χ0n) is 12.5. The van der Waals surface area contributed by atoms with E-state index in [4.69, 9.17) is 0 Å². The van der Waals surface area contributed by atoms with Crippen LogP contribution in [0.4, 0.5) is 0 Å². The normalized spacial score (nSPS) is 17.5. The van der Waals surface area contributed by atoms with E-state index in [-0.39, 0.29) is 0 Å². The first-order chi connectivity index (χ1) is 8.14. The van der Waals surface area contributed by atoms with Crippen molar-refractivity contribution in [2.45, 2.75) is 84.0 Å². The molecule has 4 unspecified atom stereocenters. The minimum atomic E-state index is 0.565. The second-order valence-electron chi connectivity index (χ2n) is 5.34. The molecule has 0 aliphatic rings. The van der Waals surface area contributed by atoms with Crippen LogP contribution in [0.1, 0.15) is 79.1 Å². The molecule has 17 heavy (non-hydrogen) atoms. The van der Waals surface area contributed by atoms with Crippen LogP contribution in [-0.2, 0) is 0 Å². The molecule has 0 saturated carbocycles. The molecule has 0 aromatic carbocycles. The first-order valence-electron chi connectivity index (χ1n) is 7.68. The van der Waals surface area contributed by atoms with Gasteiger partial charge in [-0.15, -0.1) is 17.8 Å². The van der Waals surface area contributed by atoms with Gasteiger partial charge in [-0.25, -0.2) is 0 Å². The van der Waals surface area contributed by atoms with Gasteiger partial charge in [0.1, 0.15) is 0 Å². The monoisotopic (exact) mass is 276 g/mol. The first-order valence-corrected chi connectivity index (χ1v) is 9.46. The second kappa shape index (κ2) is 10.8. The molecule has 0 saturated heterocycles. The number of unbranched alkanes of at least 4 members (excludes halogenated alkanes) is 1. The Bertz CT molecular complexity index is 170. The summed E-state index contributed by atoms with van der Waals surface area (Å²) in [5, 5.41) is 0. The lowest BCUT2D eigenvalue weighted by molar-refractivity contribution is 0.376. The Morgan fingerprint density at radius 1 is 0.941 bits per heavy atom. The summed E-state index contributed by atoms with van der Waals surface area (Å²) in [4.78, 5) is 0.565. The van der Waals surface area contributed by atoms with Crippen LogP contribution in [0.25, 0.3) is 0 Å². The third-order valence-electron chi connectivity index (χ3n) is 3.64. The topological polar surface area (TPSA) is 0 Å². The van der Waals surface area contributed by atoms with Gasteiger partial charge in [0.25, 0.3) is 0 Å². The molecule has 0 nitrogen and oxygen atoms in total. The minimum Gasteiger partial charge on any atom is -0.126 e. The molecule has 0 spiro atoms. The fraction of sp³-hybridized carbons (Fsp3) is 1.00. The van der Waals surface area contributed by atoms with Crippen molar-refractivity contribution in [1.29, 1.82) is 0 Å². The van der Waals surface area contributed by atoms with Crippen LogP contribution in [0.3, 0.4) is 0 Å². The Hall–Kier alpha value is 0.860. The van der Waals surface area contributed by atoms with Crippen molar-refractivity contribution in [3.63, 3.8) is 0 Å². The van der Waals surface area contributed by atoms with Gasteiger partial charge in [-0.1, -0.05) is 59.8 Å². The van der Waals surface area contributed by atoms with Crippen molar-refractivity contribution >= 4 is 17.8 Å². The van der Waals surface area contributed by atoms with Crippen LogP contribution in [-0.4, -0.2) is 11.1 Å². The molecule has 0 amide bonds. The molecular weight excluding hydrogens is 242 g/mol. The third kappa shape index (κ3) is 7.12. The van der Waals surface area contributed by atoms with Gasteiger partial charge in [-0.3, -0.25) is 0 Å². The number of hydrogen-bond acceptors (Lipinski definition) is 0. The summed E-state index contributed by atoms with van der Waals surface area (Å²) >= 11 is 0. The maximum atomic E-state index is 3.28. The second-order valence-corrected chi connectivity index (χ2v) is 8.74. The highest BCUT2D eigenvalue weighted by Crippen LogP contribution is 2.51. The van der Waals surface area contributed by atoms with Crippen LogP contribution < -0.4 is 0 Å². The van der Waals surface area contributed by atoms with E-state index in [0.29, 0.717) is 4.90 Å². The minimum absolute atomic E-state index is 0.565. The molecule has 2 heteroatoms. The van der Waals surface area contributed by atoms with E-state index in [9.17, 15) is 0 Å². The highest BCUT2D eigenvalue weighted by Gasteiger charge is 2.31. The smallest absolute Gasteiger partial charge is 0.00492 e. The largest absolute Gasteiger partial charge is 0.126 e. The SMILES string of the molecule is CCCCC(CCC)C(P)(CCC)PCCC. The molecule has 0 bridgehead atoms. The van der Waals surface area contributed by atoms with Gasteiger partial charge in [0.05, 0.1) is 0 Å². The Labute approximate surface area is 114 Å². The van der Waals surface area contributed by atoms with Crippen LogP contribution in [0.2, 0.25) is 0 Å². The van der Waals surface area contributed by atoms with Crippen molar-refractivity contribution in [2.75, 3.05) is 6.16 Å². The molecule has 0 aliphatic heterocycles. The van der Waals surface area contributed by atoms with Crippen molar-refractivity contribution < 1.29 is 0 Å². The zero-order chi connectivity index (χ0) is 13.1. The van der Waals surface area contributed by atoms with Gasteiger partial charge in [-0.05, 0) is 31.3 Å². The molecule has 0 heterocycles. The Morgan fingerprint density at radius 2 is 1.65 bits per heavy atom. The molecule has 0 rings (SSSR count). The molecule has 104 valence electrons. The molecule has 0 fully saturated rings. The van der Waals surface area contributed by atoms with Crippen molar-refractivity contribution in [3.8, 4) is 0 Å². The van der Waals surface area contributed by atoms with Crippen LogP contribution in [0.5, 0.6) is 0 Å². The third-order valence-corrected chi connectivity index (χ3v) is 7.08. The maximum Gasteiger partial charge on any atom is 0.00492 e. The maximum absolute atomic E-state index is 3.28. The summed E-state index contributed by atoms with van der Waals surface area (Å²) in [7, 11) is 4.43. The molecule has 0 aromatic rings. The number of hydrogen-bond donors (Lipinski definition) is 0. The summed E-state index contributed by atoms with van der Waals surface area (Å²) in [6.07, 6.45) is 12.5. The summed E-state index contributed by atoms with van der Waals surface area (Å²) in [6.45, 7) is 9.34. The van der Waals surface area contributed by atoms with E-state index < -0.39 is 0 Å². The highest BCUT2D eigenvalue weighted by molar-refractivity contribution is 7.52. The Kier molecular flexibility index (Phi) is 11.3. The van der Waals surface area contributed by atoms with E-state index in [2.05, 4.69) is 36.9 Å². The summed E-state index contributed by atoms with van der Waals surface area (Å²) in [6, 6.07) is 0. The predicted octanol–water partition coefficient (Wildman–Crippen LogP) is 6.05. The predicted molar refractivity (Wildman–Crippen MR) is 88.7 cm³/mol. The van der Waals surface area contributed by atoms with Gasteiger partial charge in [0.15, 0.2) is 0 Å². The highest BCUT2D eigenvalue weighted by atomic mass is 31.1. The van der Waals surface area contributed by atoms with E-state index in [1.807, 2.05) is 0 Å². The molecule has 0 aliphatic carbocycles. The molecule has 0 N–H and O–H groups in total.